The van der Waals surface area contributed by atoms with Gasteiger partial charge in [-0.3, -0.25) is 0 Å². The van der Waals surface area contributed by atoms with Crippen LogP contribution in [0.15, 0.2) is 12.3 Å². The molecule has 0 aliphatic carbocycles. The summed E-state index contributed by atoms with van der Waals surface area (Å²) >= 11 is 5.68. The van der Waals surface area contributed by atoms with E-state index in [0.717, 1.165) is 18.9 Å². The van der Waals surface area contributed by atoms with Crippen molar-refractivity contribution in [3.05, 3.63) is 17.5 Å². The molecule has 0 spiro atoms. The van der Waals surface area contributed by atoms with E-state index in [1.807, 2.05) is 6.07 Å². The minimum Gasteiger partial charge on any atom is -0.366 e. The van der Waals surface area contributed by atoms with Gasteiger partial charge in [-0.15, -0.1) is 0 Å². The van der Waals surface area contributed by atoms with Gasteiger partial charge in [-0.2, -0.15) is 0 Å². The maximum Gasteiger partial charge on any atom is 0.224 e. The molecule has 1 atom stereocenters. The number of nitrogens with zero attached hydrogens (tertiary/aromatic N) is 2. The molecule has 2 heterocycles. The van der Waals surface area contributed by atoms with Crippen LogP contribution < -0.4 is 10.6 Å². The first-order chi connectivity index (χ1) is 6.84. The molecule has 0 unspecified atom stereocenters. The van der Waals surface area contributed by atoms with E-state index in [1.54, 1.807) is 6.20 Å². The van der Waals surface area contributed by atoms with E-state index in [1.165, 1.54) is 12.8 Å². The van der Waals surface area contributed by atoms with E-state index in [9.17, 15) is 0 Å². The number of hydrogen-bond donors (Lipinski definition) is 2. The summed E-state index contributed by atoms with van der Waals surface area (Å²) in [4.78, 5) is 7.91. The summed E-state index contributed by atoms with van der Waals surface area (Å²) in [7, 11) is 0. The number of nitrogens with one attached hydrogen (secondary N) is 2. The fourth-order valence-corrected chi connectivity index (χ4v) is 1.75. The van der Waals surface area contributed by atoms with E-state index in [2.05, 4.69) is 20.6 Å². The Morgan fingerprint density at radius 2 is 2.50 bits per heavy atom. The summed E-state index contributed by atoms with van der Waals surface area (Å²) < 4.78 is 0. The zero-order valence-corrected chi connectivity index (χ0v) is 8.59. The summed E-state index contributed by atoms with van der Waals surface area (Å²) in [5.41, 5.74) is 0. The lowest BCUT2D eigenvalue weighted by molar-refractivity contribution is 0.479. The van der Waals surface area contributed by atoms with E-state index < -0.39 is 0 Å². The quantitative estimate of drug-likeness (QED) is 0.726. The number of rotatable bonds is 2. The zero-order chi connectivity index (χ0) is 9.80. The average Bonchev–Trinajstić information content (AvgIpc) is 2.19. The van der Waals surface area contributed by atoms with Crippen LogP contribution in [-0.2, 0) is 0 Å². The lowest BCUT2D eigenvalue weighted by Crippen LogP contribution is -2.38. The minimum absolute atomic E-state index is 0.291. The molecule has 14 heavy (non-hydrogen) atoms. The van der Waals surface area contributed by atoms with Crippen LogP contribution in [0, 0.1) is 0 Å². The smallest absolute Gasteiger partial charge is 0.224 e. The van der Waals surface area contributed by atoms with Gasteiger partial charge in [0, 0.05) is 18.8 Å². The van der Waals surface area contributed by atoms with Crippen LogP contribution in [0.1, 0.15) is 12.8 Å². The van der Waals surface area contributed by atoms with Crippen LogP contribution in [0.2, 0.25) is 5.28 Å². The predicted octanol–water partition coefficient (Wildman–Crippen LogP) is 1.29. The molecule has 2 N–H and O–H groups in total. The molecule has 2 rings (SSSR count). The van der Waals surface area contributed by atoms with Crippen molar-refractivity contribution >= 4 is 17.4 Å². The molecule has 0 amide bonds. The second-order valence-electron chi connectivity index (χ2n) is 3.40. The lowest BCUT2D eigenvalue weighted by atomic mass is 10.1. The van der Waals surface area contributed by atoms with Crippen LogP contribution in [0.25, 0.3) is 0 Å². The molecule has 1 aliphatic rings. The maximum absolute atomic E-state index is 5.68. The van der Waals surface area contributed by atoms with E-state index in [-0.39, 0.29) is 0 Å². The maximum atomic E-state index is 5.68. The van der Waals surface area contributed by atoms with Crippen molar-refractivity contribution in [1.29, 1.82) is 0 Å². The first kappa shape index (κ1) is 9.68. The van der Waals surface area contributed by atoms with Gasteiger partial charge in [0.1, 0.15) is 5.82 Å². The molecule has 1 fully saturated rings. The highest BCUT2D eigenvalue weighted by atomic mass is 35.5. The van der Waals surface area contributed by atoms with E-state index >= 15 is 0 Å². The zero-order valence-electron chi connectivity index (χ0n) is 7.83. The normalized spacial score (nSPS) is 21.9. The first-order valence-corrected chi connectivity index (χ1v) is 5.18. The third-order valence-corrected chi connectivity index (χ3v) is 2.46. The van der Waals surface area contributed by atoms with Crippen LogP contribution in [-0.4, -0.2) is 29.1 Å². The molecular formula is C9H13ClN4. The van der Waals surface area contributed by atoms with Gasteiger partial charge in [-0.05, 0) is 37.1 Å². The second-order valence-corrected chi connectivity index (χ2v) is 3.74. The Morgan fingerprint density at radius 1 is 1.57 bits per heavy atom. The van der Waals surface area contributed by atoms with Crippen LogP contribution >= 0.6 is 11.6 Å². The monoisotopic (exact) mass is 212 g/mol. The number of halogens is 1. The van der Waals surface area contributed by atoms with E-state index in [0.29, 0.717) is 11.3 Å². The van der Waals surface area contributed by atoms with Gasteiger partial charge in [-0.25, -0.2) is 9.97 Å². The van der Waals surface area contributed by atoms with Gasteiger partial charge >= 0.3 is 0 Å². The Kier molecular flexibility index (Phi) is 3.16. The van der Waals surface area contributed by atoms with Crippen molar-refractivity contribution in [2.24, 2.45) is 0 Å². The number of hydrogen-bond acceptors (Lipinski definition) is 4. The van der Waals surface area contributed by atoms with Crippen LogP contribution in [0.5, 0.6) is 0 Å². The highest BCUT2D eigenvalue weighted by Crippen LogP contribution is 2.11. The standard InChI is InChI=1S/C9H13ClN4/c10-9-12-5-3-8(14-9)13-7-2-1-4-11-6-7/h3,5,7,11H,1-2,4,6H2,(H,12,13,14)/t7-/m0/s1. The van der Waals surface area contributed by atoms with Crippen molar-refractivity contribution in [3.8, 4) is 0 Å². The third-order valence-electron chi connectivity index (χ3n) is 2.28. The molecule has 0 saturated carbocycles. The third kappa shape index (κ3) is 2.56. The number of aromatic nitrogens is 2. The molecule has 0 radical (unpaired) electrons. The van der Waals surface area contributed by atoms with Crippen LogP contribution in [0.4, 0.5) is 5.82 Å². The number of piperidine rings is 1. The Labute approximate surface area is 88.1 Å². The largest absolute Gasteiger partial charge is 0.366 e. The fourth-order valence-electron chi connectivity index (χ4n) is 1.60. The summed E-state index contributed by atoms with van der Waals surface area (Å²) in [6.07, 6.45) is 4.04. The predicted molar refractivity (Wildman–Crippen MR) is 56.6 cm³/mol. The molecular weight excluding hydrogens is 200 g/mol. The van der Waals surface area contributed by atoms with Crippen molar-refractivity contribution in [2.75, 3.05) is 18.4 Å². The van der Waals surface area contributed by atoms with Gasteiger partial charge in [0.25, 0.3) is 0 Å². The Morgan fingerprint density at radius 3 is 3.21 bits per heavy atom. The summed E-state index contributed by atoms with van der Waals surface area (Å²) in [5.74, 6) is 0.804. The minimum atomic E-state index is 0.291. The molecule has 76 valence electrons. The topological polar surface area (TPSA) is 49.8 Å². The first-order valence-electron chi connectivity index (χ1n) is 4.80. The van der Waals surface area contributed by atoms with Crippen molar-refractivity contribution in [3.63, 3.8) is 0 Å². The second kappa shape index (κ2) is 4.57. The van der Waals surface area contributed by atoms with Crippen LogP contribution in [0.3, 0.4) is 0 Å². The summed E-state index contributed by atoms with van der Waals surface area (Å²) in [6, 6.07) is 2.29. The Bertz CT molecular complexity index is 299. The molecule has 1 aromatic rings. The average molecular weight is 213 g/mol. The molecule has 5 heteroatoms. The SMILES string of the molecule is Clc1nccc(N[C@H]2CCCNC2)n1. The lowest BCUT2D eigenvalue weighted by Gasteiger charge is -2.24. The van der Waals surface area contributed by atoms with E-state index in [4.69, 9.17) is 11.6 Å². The Hall–Kier alpha value is -0.870. The van der Waals surface area contributed by atoms with Crippen molar-refractivity contribution < 1.29 is 0 Å². The highest BCUT2D eigenvalue weighted by molar-refractivity contribution is 6.28. The molecule has 1 aromatic heterocycles. The van der Waals surface area contributed by atoms with Crippen molar-refractivity contribution in [2.45, 2.75) is 18.9 Å². The molecule has 0 bridgehead atoms. The van der Waals surface area contributed by atoms with Gasteiger partial charge in [0.15, 0.2) is 0 Å². The summed E-state index contributed by atoms with van der Waals surface area (Å²) in [6.45, 7) is 2.10. The molecule has 0 aromatic carbocycles. The Balaban J connectivity index is 1.95. The highest BCUT2D eigenvalue weighted by Gasteiger charge is 2.12. The van der Waals surface area contributed by atoms with Gasteiger partial charge in [0.2, 0.25) is 5.28 Å². The molecule has 4 nitrogen and oxygen atoms in total. The fraction of sp³-hybridized carbons (Fsp3) is 0.556. The number of anilines is 1. The van der Waals surface area contributed by atoms with Crippen molar-refractivity contribution in [1.82, 2.24) is 15.3 Å². The molecule has 1 saturated heterocycles. The summed E-state index contributed by atoms with van der Waals surface area (Å²) in [5, 5.41) is 6.94. The van der Waals surface area contributed by atoms with Gasteiger partial charge in [-0.1, -0.05) is 0 Å². The van der Waals surface area contributed by atoms with Gasteiger partial charge < -0.3 is 10.6 Å². The van der Waals surface area contributed by atoms with Gasteiger partial charge in [0.05, 0.1) is 0 Å². The molecule has 1 aliphatic heterocycles.